The first-order valence-corrected chi connectivity index (χ1v) is 7.90. The molecular formula is C18H20N2O4. The lowest BCUT2D eigenvalue weighted by Crippen LogP contribution is -2.28. The molecule has 3 rings (SSSR count). The van der Waals surface area contributed by atoms with Crippen LogP contribution in [0.5, 0.6) is 0 Å². The largest absolute Gasteiger partial charge is 0.466 e. The number of fused-ring (bicyclic) bond motifs is 1. The van der Waals surface area contributed by atoms with Crippen LogP contribution in [0.4, 0.5) is 0 Å². The van der Waals surface area contributed by atoms with Gasteiger partial charge in [0.25, 0.3) is 0 Å². The van der Waals surface area contributed by atoms with Crippen LogP contribution in [0.25, 0.3) is 11.1 Å². The van der Waals surface area contributed by atoms with Gasteiger partial charge in [-0.2, -0.15) is 0 Å². The molecule has 0 spiro atoms. The molecule has 0 aliphatic carbocycles. The number of aryl methyl sites for hydroxylation is 3. The standard InChI is InChI=1S/C18H20N2O4/c1-11-10-14(13(3)23-11)12(2)19-17(21)8-9-20-15-6-4-5-7-16(15)24-18(20)22/h4-7,10,12H,8-9H2,1-3H3,(H,19,21). The summed E-state index contributed by atoms with van der Waals surface area (Å²) in [5.74, 6) is 1.05. The monoisotopic (exact) mass is 328 g/mol. The number of aromatic nitrogens is 1. The zero-order valence-corrected chi connectivity index (χ0v) is 14.0. The summed E-state index contributed by atoms with van der Waals surface area (Å²) in [5, 5.41) is 2.94. The van der Waals surface area contributed by atoms with Gasteiger partial charge in [-0.25, -0.2) is 4.79 Å². The van der Waals surface area contributed by atoms with Crippen LogP contribution in [-0.2, 0) is 11.3 Å². The molecule has 1 unspecified atom stereocenters. The van der Waals surface area contributed by atoms with E-state index >= 15 is 0 Å². The van der Waals surface area contributed by atoms with Gasteiger partial charge in [0.05, 0.1) is 11.6 Å². The molecule has 3 aromatic rings. The van der Waals surface area contributed by atoms with Crippen LogP contribution in [-0.4, -0.2) is 10.5 Å². The molecule has 0 fully saturated rings. The third-order valence-electron chi connectivity index (χ3n) is 4.06. The van der Waals surface area contributed by atoms with Crippen LogP contribution in [0.15, 0.2) is 44.0 Å². The van der Waals surface area contributed by atoms with Gasteiger partial charge in [0.15, 0.2) is 5.58 Å². The SMILES string of the molecule is Cc1cc(C(C)NC(=O)CCn2c(=O)oc3ccccc32)c(C)o1. The topological polar surface area (TPSA) is 77.4 Å². The van der Waals surface area contributed by atoms with E-state index in [9.17, 15) is 9.59 Å². The van der Waals surface area contributed by atoms with Crippen molar-refractivity contribution in [2.24, 2.45) is 0 Å². The number of nitrogens with zero attached hydrogens (tertiary/aromatic N) is 1. The number of rotatable bonds is 5. The van der Waals surface area contributed by atoms with Gasteiger partial charge in [-0.05, 0) is 39.0 Å². The van der Waals surface area contributed by atoms with Crippen LogP contribution in [0.3, 0.4) is 0 Å². The molecular weight excluding hydrogens is 308 g/mol. The highest BCUT2D eigenvalue weighted by molar-refractivity contribution is 5.77. The molecule has 1 N–H and O–H groups in total. The number of oxazole rings is 1. The number of para-hydroxylation sites is 2. The number of amides is 1. The summed E-state index contributed by atoms with van der Waals surface area (Å²) < 4.78 is 12.1. The maximum atomic E-state index is 12.2. The fraction of sp³-hybridized carbons (Fsp3) is 0.333. The molecule has 126 valence electrons. The second kappa shape index (κ2) is 6.39. The molecule has 0 aliphatic heterocycles. The van der Waals surface area contributed by atoms with Crippen molar-refractivity contribution in [2.45, 2.75) is 39.8 Å². The molecule has 6 nitrogen and oxygen atoms in total. The number of hydrogen-bond donors (Lipinski definition) is 1. The van der Waals surface area contributed by atoms with Gasteiger partial charge in [0.2, 0.25) is 5.91 Å². The summed E-state index contributed by atoms with van der Waals surface area (Å²) in [7, 11) is 0. The minimum Gasteiger partial charge on any atom is -0.466 e. The van der Waals surface area contributed by atoms with E-state index in [1.807, 2.05) is 32.9 Å². The fourth-order valence-electron chi connectivity index (χ4n) is 2.91. The Labute approximate surface area is 139 Å². The smallest absolute Gasteiger partial charge is 0.419 e. The Balaban J connectivity index is 1.66. The van der Waals surface area contributed by atoms with Crippen LogP contribution in [0.1, 0.15) is 36.5 Å². The molecule has 0 aliphatic rings. The van der Waals surface area contributed by atoms with Gasteiger partial charge in [0.1, 0.15) is 11.5 Å². The highest BCUT2D eigenvalue weighted by Gasteiger charge is 2.16. The van der Waals surface area contributed by atoms with Crippen molar-refractivity contribution in [1.29, 1.82) is 0 Å². The number of hydrogen-bond acceptors (Lipinski definition) is 4. The van der Waals surface area contributed by atoms with E-state index in [4.69, 9.17) is 8.83 Å². The highest BCUT2D eigenvalue weighted by Crippen LogP contribution is 2.21. The zero-order chi connectivity index (χ0) is 17.3. The third-order valence-corrected chi connectivity index (χ3v) is 4.06. The molecule has 0 radical (unpaired) electrons. The molecule has 6 heteroatoms. The van der Waals surface area contributed by atoms with Crippen molar-refractivity contribution >= 4 is 17.0 Å². The number of furan rings is 1. The van der Waals surface area contributed by atoms with Crippen LogP contribution in [0, 0.1) is 13.8 Å². The van der Waals surface area contributed by atoms with E-state index < -0.39 is 5.76 Å². The molecule has 0 saturated heterocycles. The average Bonchev–Trinajstić information content (AvgIpc) is 3.03. The molecule has 24 heavy (non-hydrogen) atoms. The minimum absolute atomic E-state index is 0.127. The molecule has 1 aromatic carbocycles. The van der Waals surface area contributed by atoms with E-state index in [1.165, 1.54) is 4.57 Å². The van der Waals surface area contributed by atoms with Gasteiger partial charge in [-0.1, -0.05) is 12.1 Å². The Morgan fingerprint density at radius 3 is 2.71 bits per heavy atom. The Hall–Kier alpha value is -2.76. The van der Waals surface area contributed by atoms with Crippen molar-refractivity contribution in [3.8, 4) is 0 Å². The third kappa shape index (κ3) is 3.13. The summed E-state index contributed by atoms with van der Waals surface area (Å²) in [4.78, 5) is 24.1. The highest BCUT2D eigenvalue weighted by atomic mass is 16.4. The Morgan fingerprint density at radius 2 is 2.00 bits per heavy atom. The van der Waals surface area contributed by atoms with Gasteiger partial charge in [-0.3, -0.25) is 9.36 Å². The zero-order valence-electron chi connectivity index (χ0n) is 14.0. The summed E-state index contributed by atoms with van der Waals surface area (Å²) in [6.45, 7) is 5.94. The van der Waals surface area contributed by atoms with E-state index in [0.717, 1.165) is 17.1 Å². The van der Waals surface area contributed by atoms with Crippen molar-refractivity contribution in [3.63, 3.8) is 0 Å². The van der Waals surface area contributed by atoms with Crippen molar-refractivity contribution in [3.05, 3.63) is 58.0 Å². The van der Waals surface area contributed by atoms with E-state index in [0.29, 0.717) is 11.1 Å². The number of benzene rings is 1. The first-order chi connectivity index (χ1) is 11.5. The Kier molecular flexibility index (Phi) is 4.29. The predicted octanol–water partition coefficient (Wildman–Crippen LogP) is 3.07. The van der Waals surface area contributed by atoms with E-state index in [1.54, 1.807) is 18.2 Å². The minimum atomic E-state index is -0.446. The molecule has 0 bridgehead atoms. The Morgan fingerprint density at radius 1 is 1.25 bits per heavy atom. The van der Waals surface area contributed by atoms with Crippen LogP contribution >= 0.6 is 0 Å². The van der Waals surface area contributed by atoms with Crippen molar-refractivity contribution in [2.75, 3.05) is 0 Å². The van der Waals surface area contributed by atoms with Crippen molar-refractivity contribution in [1.82, 2.24) is 9.88 Å². The molecule has 1 amide bonds. The van der Waals surface area contributed by atoms with Gasteiger partial charge in [-0.15, -0.1) is 0 Å². The molecule has 1 atom stereocenters. The van der Waals surface area contributed by atoms with E-state index in [2.05, 4.69) is 5.32 Å². The molecule has 0 saturated carbocycles. The Bertz CT molecular complexity index is 932. The van der Waals surface area contributed by atoms with Crippen LogP contribution < -0.4 is 11.1 Å². The average molecular weight is 328 g/mol. The summed E-state index contributed by atoms with van der Waals surface area (Å²) in [5.41, 5.74) is 2.19. The molecule has 2 heterocycles. The van der Waals surface area contributed by atoms with E-state index in [-0.39, 0.29) is 24.9 Å². The normalized spacial score (nSPS) is 12.5. The quantitative estimate of drug-likeness (QED) is 0.781. The van der Waals surface area contributed by atoms with Gasteiger partial charge in [0, 0.05) is 18.5 Å². The summed E-state index contributed by atoms with van der Waals surface area (Å²) in [6, 6.07) is 8.96. The maximum Gasteiger partial charge on any atom is 0.419 e. The lowest BCUT2D eigenvalue weighted by Gasteiger charge is -2.13. The van der Waals surface area contributed by atoms with Gasteiger partial charge >= 0.3 is 5.76 Å². The number of nitrogens with one attached hydrogen (secondary N) is 1. The first kappa shape index (κ1) is 16.1. The second-order valence-corrected chi connectivity index (χ2v) is 5.90. The van der Waals surface area contributed by atoms with Crippen LogP contribution in [0.2, 0.25) is 0 Å². The summed E-state index contributed by atoms with van der Waals surface area (Å²) >= 11 is 0. The van der Waals surface area contributed by atoms with Gasteiger partial charge < -0.3 is 14.2 Å². The lowest BCUT2D eigenvalue weighted by atomic mass is 10.1. The number of carbonyl (C=O) groups excluding carboxylic acids is 1. The number of carbonyl (C=O) groups is 1. The van der Waals surface area contributed by atoms with Crippen molar-refractivity contribution < 1.29 is 13.6 Å². The maximum absolute atomic E-state index is 12.2. The lowest BCUT2D eigenvalue weighted by molar-refractivity contribution is -0.121. The fourth-order valence-corrected chi connectivity index (χ4v) is 2.91. The first-order valence-electron chi connectivity index (χ1n) is 7.90. The summed E-state index contributed by atoms with van der Waals surface area (Å²) in [6.07, 6.45) is 0.198. The molecule has 2 aromatic heterocycles. The second-order valence-electron chi connectivity index (χ2n) is 5.90. The predicted molar refractivity (Wildman–Crippen MR) is 89.8 cm³/mol.